The predicted molar refractivity (Wildman–Crippen MR) is 62.3 cm³/mol. The number of hydroxylamine groups is 1. The lowest BCUT2D eigenvalue weighted by Gasteiger charge is -2.07. The van der Waals surface area contributed by atoms with Crippen LogP contribution in [0.1, 0.15) is 16.1 Å². The molecule has 1 aromatic heterocycles. The van der Waals surface area contributed by atoms with Crippen LogP contribution in [0, 0.1) is 6.92 Å². The Hall–Kier alpha value is -2.14. The van der Waals surface area contributed by atoms with Gasteiger partial charge in [0.05, 0.1) is 18.2 Å². The van der Waals surface area contributed by atoms with Gasteiger partial charge in [0, 0.05) is 11.1 Å². The van der Waals surface area contributed by atoms with Crippen LogP contribution in [0.2, 0.25) is 0 Å². The monoisotopic (exact) mass is 232 g/mol. The lowest BCUT2D eigenvalue weighted by atomic mass is 10.1. The maximum Gasteiger partial charge on any atom is 0.275 e. The summed E-state index contributed by atoms with van der Waals surface area (Å²) in [7, 11) is 1.55. The van der Waals surface area contributed by atoms with E-state index in [0.29, 0.717) is 27.9 Å². The number of nitrogens with one attached hydrogen (secondary N) is 1. The quantitative estimate of drug-likeness (QED) is 0.610. The molecule has 5 heteroatoms. The maximum atomic E-state index is 11.5. The zero-order chi connectivity index (χ0) is 12.4. The zero-order valence-corrected chi connectivity index (χ0v) is 9.52. The molecule has 0 fully saturated rings. The van der Waals surface area contributed by atoms with E-state index in [1.807, 2.05) is 0 Å². The number of hydrogen-bond donors (Lipinski definition) is 2. The molecule has 0 aliphatic rings. The van der Waals surface area contributed by atoms with Gasteiger partial charge in [-0.2, -0.15) is 0 Å². The highest BCUT2D eigenvalue weighted by Gasteiger charge is 2.11. The van der Waals surface area contributed by atoms with Gasteiger partial charge in [0.2, 0.25) is 0 Å². The fraction of sp³-hybridized carbons (Fsp3) is 0.167. The smallest absolute Gasteiger partial charge is 0.275 e. The van der Waals surface area contributed by atoms with E-state index in [1.54, 1.807) is 43.8 Å². The normalized spacial score (nSPS) is 10.3. The molecule has 0 radical (unpaired) electrons. The molecule has 1 heterocycles. The number of aromatic nitrogens is 1. The number of fused-ring (bicyclic) bond motifs is 1. The molecule has 0 saturated heterocycles. The van der Waals surface area contributed by atoms with Crippen LogP contribution in [0.3, 0.4) is 0 Å². The van der Waals surface area contributed by atoms with Crippen LogP contribution >= 0.6 is 0 Å². The fourth-order valence-corrected chi connectivity index (χ4v) is 1.71. The number of amides is 1. The molecule has 0 spiro atoms. The summed E-state index contributed by atoms with van der Waals surface area (Å²) in [6, 6.07) is 6.88. The number of benzene rings is 1. The number of aryl methyl sites for hydroxylation is 1. The topological polar surface area (TPSA) is 71.5 Å². The number of hydrogen-bond acceptors (Lipinski definition) is 4. The summed E-state index contributed by atoms with van der Waals surface area (Å²) in [5.41, 5.74) is 3.39. The molecule has 2 aromatic rings. The molecule has 1 amide bonds. The number of carbonyl (C=O) groups is 1. The van der Waals surface area contributed by atoms with Crippen LogP contribution < -0.4 is 10.2 Å². The van der Waals surface area contributed by atoms with Gasteiger partial charge in [0.1, 0.15) is 5.75 Å². The molecule has 1 aromatic carbocycles. The summed E-state index contributed by atoms with van der Waals surface area (Å²) in [6.45, 7) is 1.79. The Kier molecular flexibility index (Phi) is 2.93. The number of carbonyl (C=O) groups excluding carboxylic acids is 1. The molecule has 0 unspecified atom stereocenters. The van der Waals surface area contributed by atoms with E-state index in [2.05, 4.69) is 4.98 Å². The SMILES string of the molecule is COc1ccc2nc(C)cc(C(=O)NO)c2c1. The van der Waals surface area contributed by atoms with Crippen molar-refractivity contribution >= 4 is 16.8 Å². The summed E-state index contributed by atoms with van der Waals surface area (Å²) in [6.07, 6.45) is 0. The molecule has 0 aliphatic carbocycles. The van der Waals surface area contributed by atoms with Gasteiger partial charge in [-0.05, 0) is 31.2 Å². The van der Waals surface area contributed by atoms with Crippen molar-refractivity contribution in [2.45, 2.75) is 6.92 Å². The molecule has 0 atom stereocenters. The first-order chi connectivity index (χ1) is 8.15. The van der Waals surface area contributed by atoms with Gasteiger partial charge in [-0.1, -0.05) is 0 Å². The van der Waals surface area contributed by atoms with Gasteiger partial charge < -0.3 is 4.74 Å². The van der Waals surface area contributed by atoms with Crippen LogP contribution in [0.25, 0.3) is 10.9 Å². The number of nitrogens with zero attached hydrogens (tertiary/aromatic N) is 1. The molecule has 5 nitrogen and oxygen atoms in total. The standard InChI is InChI=1S/C12H12N2O3/c1-7-5-10(12(15)14-16)9-6-8(17-2)3-4-11(9)13-7/h3-6,16H,1-2H3,(H,14,15). The molecule has 2 N–H and O–H groups in total. The van der Waals surface area contributed by atoms with Gasteiger partial charge in [0.15, 0.2) is 0 Å². The predicted octanol–water partition coefficient (Wildman–Crippen LogP) is 1.67. The van der Waals surface area contributed by atoms with Crippen LogP contribution in [-0.4, -0.2) is 23.2 Å². The lowest BCUT2D eigenvalue weighted by molar-refractivity contribution is 0.0708. The highest BCUT2D eigenvalue weighted by Crippen LogP contribution is 2.23. The summed E-state index contributed by atoms with van der Waals surface area (Å²) < 4.78 is 5.10. The molecule has 88 valence electrons. The van der Waals surface area contributed by atoms with Crippen molar-refractivity contribution in [3.63, 3.8) is 0 Å². The summed E-state index contributed by atoms with van der Waals surface area (Å²) in [5.74, 6) is 0.0731. The van der Waals surface area contributed by atoms with Crippen LogP contribution in [-0.2, 0) is 0 Å². The molecule has 0 saturated carbocycles. The molecule has 0 bridgehead atoms. The maximum absolute atomic E-state index is 11.5. The van der Waals surface area contributed by atoms with Crippen molar-refractivity contribution in [2.24, 2.45) is 0 Å². The Balaban J connectivity index is 2.74. The van der Waals surface area contributed by atoms with Crippen LogP contribution in [0.15, 0.2) is 24.3 Å². The first kappa shape index (κ1) is 11.3. The Morgan fingerprint density at radius 2 is 2.18 bits per heavy atom. The number of methoxy groups -OCH3 is 1. The van der Waals surface area contributed by atoms with Crippen molar-refractivity contribution < 1.29 is 14.7 Å². The van der Waals surface area contributed by atoms with Gasteiger partial charge in [-0.25, -0.2) is 5.48 Å². The average Bonchev–Trinajstić information content (AvgIpc) is 2.36. The van der Waals surface area contributed by atoms with Crippen molar-refractivity contribution in [2.75, 3.05) is 7.11 Å². The molecule has 17 heavy (non-hydrogen) atoms. The Morgan fingerprint density at radius 3 is 2.82 bits per heavy atom. The van der Waals surface area contributed by atoms with Gasteiger partial charge in [-0.3, -0.25) is 15.0 Å². The van der Waals surface area contributed by atoms with Gasteiger partial charge >= 0.3 is 0 Å². The van der Waals surface area contributed by atoms with Gasteiger partial charge in [-0.15, -0.1) is 0 Å². The highest BCUT2D eigenvalue weighted by molar-refractivity contribution is 6.06. The third kappa shape index (κ3) is 2.05. The molecular weight excluding hydrogens is 220 g/mol. The third-order valence-corrected chi connectivity index (χ3v) is 2.49. The van der Waals surface area contributed by atoms with E-state index < -0.39 is 5.91 Å². The van der Waals surface area contributed by atoms with Crippen molar-refractivity contribution in [3.05, 3.63) is 35.5 Å². The van der Waals surface area contributed by atoms with E-state index in [-0.39, 0.29) is 0 Å². The van der Waals surface area contributed by atoms with E-state index >= 15 is 0 Å². The number of rotatable bonds is 2. The summed E-state index contributed by atoms with van der Waals surface area (Å²) in [4.78, 5) is 15.9. The third-order valence-electron chi connectivity index (χ3n) is 2.49. The largest absolute Gasteiger partial charge is 0.497 e. The summed E-state index contributed by atoms with van der Waals surface area (Å²) >= 11 is 0. The molecule has 2 rings (SSSR count). The van der Waals surface area contributed by atoms with E-state index in [9.17, 15) is 4.79 Å². The summed E-state index contributed by atoms with van der Waals surface area (Å²) in [5, 5.41) is 9.35. The highest BCUT2D eigenvalue weighted by atomic mass is 16.5. The Labute approximate surface area is 98.0 Å². The second-order valence-corrected chi connectivity index (χ2v) is 3.64. The first-order valence-corrected chi connectivity index (χ1v) is 5.05. The Morgan fingerprint density at radius 1 is 1.41 bits per heavy atom. The first-order valence-electron chi connectivity index (χ1n) is 5.05. The van der Waals surface area contributed by atoms with E-state index in [4.69, 9.17) is 9.94 Å². The van der Waals surface area contributed by atoms with Crippen LogP contribution in [0.4, 0.5) is 0 Å². The second-order valence-electron chi connectivity index (χ2n) is 3.64. The van der Waals surface area contributed by atoms with Crippen molar-refractivity contribution in [1.82, 2.24) is 10.5 Å². The zero-order valence-electron chi connectivity index (χ0n) is 9.52. The minimum atomic E-state index is -0.561. The van der Waals surface area contributed by atoms with Crippen molar-refractivity contribution in [1.29, 1.82) is 0 Å². The minimum Gasteiger partial charge on any atom is -0.497 e. The minimum absolute atomic E-state index is 0.369. The number of pyridine rings is 1. The van der Waals surface area contributed by atoms with E-state index in [0.717, 1.165) is 0 Å². The average molecular weight is 232 g/mol. The van der Waals surface area contributed by atoms with E-state index in [1.165, 1.54) is 0 Å². The molecular formula is C12H12N2O3. The molecule has 0 aliphatic heterocycles. The van der Waals surface area contributed by atoms with Gasteiger partial charge in [0.25, 0.3) is 5.91 Å². The fourth-order valence-electron chi connectivity index (χ4n) is 1.71. The number of ether oxygens (including phenoxy) is 1. The van der Waals surface area contributed by atoms with Crippen LogP contribution in [0.5, 0.6) is 5.75 Å². The Bertz CT molecular complexity index is 581. The lowest BCUT2D eigenvalue weighted by Crippen LogP contribution is -2.19. The van der Waals surface area contributed by atoms with Crippen molar-refractivity contribution in [3.8, 4) is 5.75 Å². The second kappa shape index (κ2) is 4.39.